The predicted octanol–water partition coefficient (Wildman–Crippen LogP) is 2.69. The van der Waals surface area contributed by atoms with E-state index in [0.717, 1.165) is 4.88 Å². The molecule has 98 valence electrons. The Kier molecular flexibility index (Phi) is 3.43. The first kappa shape index (κ1) is 13.1. The van der Waals surface area contributed by atoms with Gasteiger partial charge in [-0.2, -0.15) is 0 Å². The first-order chi connectivity index (χ1) is 8.44. The second-order valence-corrected chi connectivity index (χ2v) is 5.73. The Morgan fingerprint density at radius 3 is 2.39 bits per heavy atom. The zero-order valence-corrected chi connectivity index (χ0v) is 11.5. The van der Waals surface area contributed by atoms with Gasteiger partial charge in [-0.3, -0.25) is 9.59 Å². The van der Waals surface area contributed by atoms with Crippen molar-refractivity contribution in [3.63, 3.8) is 0 Å². The Morgan fingerprint density at radius 1 is 1.33 bits per heavy atom. The quantitative estimate of drug-likeness (QED) is 0.624. The maximum Gasteiger partial charge on any atom is 0.324 e. The van der Waals surface area contributed by atoms with E-state index in [-0.39, 0.29) is 5.92 Å². The summed E-state index contributed by atoms with van der Waals surface area (Å²) < 4.78 is 10.3. The third-order valence-corrected chi connectivity index (χ3v) is 3.96. The highest BCUT2D eigenvalue weighted by Crippen LogP contribution is 2.37. The number of esters is 2. The minimum absolute atomic E-state index is 0.166. The van der Waals surface area contributed by atoms with E-state index in [1.54, 1.807) is 13.8 Å². The summed E-state index contributed by atoms with van der Waals surface area (Å²) >= 11 is 1.54. The highest BCUT2D eigenvalue weighted by Gasteiger charge is 2.47. The van der Waals surface area contributed by atoms with E-state index in [4.69, 9.17) is 9.47 Å². The Labute approximate surface area is 110 Å². The molecule has 1 aromatic heterocycles. The number of rotatable bonds is 3. The molecule has 0 radical (unpaired) electrons. The Morgan fingerprint density at radius 2 is 1.94 bits per heavy atom. The lowest BCUT2D eigenvalue weighted by molar-refractivity contribution is -0.241. The predicted molar refractivity (Wildman–Crippen MR) is 67.1 cm³/mol. The summed E-state index contributed by atoms with van der Waals surface area (Å²) in [5, 5.41) is 1.93. The molecule has 1 atom stereocenters. The first-order valence-electron chi connectivity index (χ1n) is 5.93. The van der Waals surface area contributed by atoms with Crippen molar-refractivity contribution in [3.8, 4) is 0 Å². The molecule has 2 rings (SSSR count). The van der Waals surface area contributed by atoms with Crippen LogP contribution in [-0.4, -0.2) is 17.7 Å². The summed E-state index contributed by atoms with van der Waals surface area (Å²) in [6, 6.07) is 3.84. The van der Waals surface area contributed by atoms with Crippen LogP contribution in [0.15, 0.2) is 17.5 Å². The van der Waals surface area contributed by atoms with Crippen LogP contribution in [0.2, 0.25) is 0 Å². The van der Waals surface area contributed by atoms with Crippen molar-refractivity contribution in [1.82, 2.24) is 0 Å². The monoisotopic (exact) mass is 268 g/mol. The molecular formula is C13H16O4S. The van der Waals surface area contributed by atoms with Crippen LogP contribution in [0, 0.1) is 5.92 Å². The third kappa shape index (κ3) is 2.41. The number of thiophene rings is 1. The fourth-order valence-corrected chi connectivity index (χ4v) is 3.11. The number of hydrogen-bond acceptors (Lipinski definition) is 5. The zero-order chi connectivity index (χ0) is 13.3. The lowest BCUT2D eigenvalue weighted by Gasteiger charge is -2.35. The van der Waals surface area contributed by atoms with E-state index in [0.29, 0.717) is 6.42 Å². The third-order valence-electron chi connectivity index (χ3n) is 2.95. The number of cyclic esters (lactones) is 2. The second-order valence-electron chi connectivity index (χ2n) is 4.75. The SMILES string of the molecule is CCC(c1cccs1)C1C(=O)OC(C)(C)OC1=O. The van der Waals surface area contributed by atoms with Crippen LogP contribution in [0.3, 0.4) is 0 Å². The molecule has 0 amide bonds. The summed E-state index contributed by atoms with van der Waals surface area (Å²) in [5.74, 6) is -3.14. The molecule has 1 aliphatic rings. The molecule has 1 fully saturated rings. The van der Waals surface area contributed by atoms with Gasteiger partial charge < -0.3 is 9.47 Å². The molecule has 1 unspecified atom stereocenters. The summed E-state index contributed by atoms with van der Waals surface area (Å²) in [6.07, 6.45) is 0.690. The molecule has 0 N–H and O–H groups in total. The number of carbonyl (C=O) groups is 2. The van der Waals surface area contributed by atoms with E-state index in [9.17, 15) is 9.59 Å². The summed E-state index contributed by atoms with van der Waals surface area (Å²) in [7, 11) is 0. The van der Waals surface area contributed by atoms with Gasteiger partial charge in [0.2, 0.25) is 0 Å². The van der Waals surface area contributed by atoms with Crippen LogP contribution in [0.5, 0.6) is 0 Å². The van der Waals surface area contributed by atoms with Gasteiger partial charge >= 0.3 is 11.9 Å². The van der Waals surface area contributed by atoms with E-state index in [1.165, 1.54) is 11.3 Å². The van der Waals surface area contributed by atoms with Crippen LogP contribution in [0.4, 0.5) is 0 Å². The van der Waals surface area contributed by atoms with Crippen LogP contribution >= 0.6 is 11.3 Å². The fourth-order valence-electron chi connectivity index (χ4n) is 2.16. The topological polar surface area (TPSA) is 52.6 Å². The van der Waals surface area contributed by atoms with Gasteiger partial charge in [0.05, 0.1) is 0 Å². The molecule has 5 heteroatoms. The highest BCUT2D eigenvalue weighted by atomic mass is 32.1. The van der Waals surface area contributed by atoms with Crippen molar-refractivity contribution in [3.05, 3.63) is 22.4 Å². The lowest BCUT2D eigenvalue weighted by atomic mass is 9.88. The van der Waals surface area contributed by atoms with Gasteiger partial charge in [-0.1, -0.05) is 13.0 Å². The molecule has 4 nitrogen and oxygen atoms in total. The van der Waals surface area contributed by atoms with Crippen molar-refractivity contribution in [2.24, 2.45) is 5.92 Å². The molecule has 0 bridgehead atoms. The van der Waals surface area contributed by atoms with E-state index in [2.05, 4.69) is 0 Å². The molecule has 0 saturated carbocycles. The fraction of sp³-hybridized carbons (Fsp3) is 0.538. The average Bonchev–Trinajstić information content (AvgIpc) is 2.74. The summed E-state index contributed by atoms with van der Waals surface area (Å²) in [6.45, 7) is 5.07. The van der Waals surface area contributed by atoms with Gasteiger partial charge in [0, 0.05) is 24.6 Å². The highest BCUT2D eigenvalue weighted by molar-refractivity contribution is 7.10. The summed E-state index contributed by atoms with van der Waals surface area (Å²) in [5.41, 5.74) is 0. The van der Waals surface area contributed by atoms with Crippen LogP contribution in [-0.2, 0) is 19.1 Å². The molecule has 0 aliphatic carbocycles. The molecule has 1 aromatic rings. The Hall–Kier alpha value is -1.36. The van der Waals surface area contributed by atoms with E-state index >= 15 is 0 Å². The van der Waals surface area contributed by atoms with Gasteiger partial charge in [-0.05, 0) is 17.9 Å². The van der Waals surface area contributed by atoms with Gasteiger partial charge in [-0.15, -0.1) is 11.3 Å². The maximum absolute atomic E-state index is 12.0. The largest absolute Gasteiger partial charge is 0.422 e. The molecule has 1 aliphatic heterocycles. The molecule has 2 heterocycles. The standard InChI is InChI=1S/C13H16O4S/c1-4-8(9-6-5-7-18-9)10-11(14)16-13(2,3)17-12(10)15/h5-8,10H,4H2,1-3H3. The number of carbonyl (C=O) groups excluding carboxylic acids is 2. The Bertz CT molecular complexity index is 430. The van der Waals surface area contributed by atoms with Crippen molar-refractivity contribution in [2.75, 3.05) is 0 Å². The van der Waals surface area contributed by atoms with Gasteiger partial charge in [0.1, 0.15) is 0 Å². The Balaban J connectivity index is 2.27. The van der Waals surface area contributed by atoms with Gasteiger partial charge in [0.25, 0.3) is 5.79 Å². The number of ether oxygens (including phenoxy) is 2. The van der Waals surface area contributed by atoms with Crippen molar-refractivity contribution in [1.29, 1.82) is 0 Å². The van der Waals surface area contributed by atoms with E-state index in [1.807, 2.05) is 24.4 Å². The number of hydrogen-bond donors (Lipinski definition) is 0. The average molecular weight is 268 g/mol. The van der Waals surface area contributed by atoms with Gasteiger partial charge in [0.15, 0.2) is 5.92 Å². The van der Waals surface area contributed by atoms with Crippen molar-refractivity contribution >= 4 is 23.3 Å². The van der Waals surface area contributed by atoms with E-state index < -0.39 is 23.6 Å². The van der Waals surface area contributed by atoms with Crippen molar-refractivity contribution in [2.45, 2.75) is 38.9 Å². The van der Waals surface area contributed by atoms with Crippen LogP contribution in [0.1, 0.15) is 38.0 Å². The summed E-state index contributed by atoms with van der Waals surface area (Å²) in [4.78, 5) is 25.0. The normalized spacial score (nSPS) is 21.3. The smallest absolute Gasteiger partial charge is 0.324 e. The molecule has 0 spiro atoms. The van der Waals surface area contributed by atoms with Gasteiger partial charge in [-0.25, -0.2) is 0 Å². The second kappa shape index (κ2) is 4.72. The van der Waals surface area contributed by atoms with Crippen LogP contribution in [0.25, 0.3) is 0 Å². The van der Waals surface area contributed by atoms with Crippen molar-refractivity contribution < 1.29 is 19.1 Å². The molecular weight excluding hydrogens is 252 g/mol. The first-order valence-corrected chi connectivity index (χ1v) is 6.81. The van der Waals surface area contributed by atoms with Crippen LogP contribution < -0.4 is 0 Å². The zero-order valence-electron chi connectivity index (χ0n) is 10.6. The minimum atomic E-state index is -1.15. The molecule has 18 heavy (non-hydrogen) atoms. The minimum Gasteiger partial charge on any atom is -0.422 e. The maximum atomic E-state index is 12.0. The molecule has 1 saturated heterocycles. The lowest BCUT2D eigenvalue weighted by Crippen LogP contribution is -2.48. The molecule has 0 aromatic carbocycles.